The maximum atomic E-state index is 12.1. The topological polar surface area (TPSA) is 65.5 Å². The number of guanidine groups is 1. The second-order valence-corrected chi connectivity index (χ2v) is 6.97. The van der Waals surface area contributed by atoms with Crippen LogP contribution in [0.15, 0.2) is 29.3 Å². The van der Waals surface area contributed by atoms with Crippen molar-refractivity contribution in [1.29, 1.82) is 0 Å². The minimum atomic E-state index is -0.159. The van der Waals surface area contributed by atoms with Crippen LogP contribution in [-0.4, -0.2) is 38.0 Å². The van der Waals surface area contributed by atoms with E-state index in [0.29, 0.717) is 29.1 Å². The zero-order valence-electron chi connectivity index (χ0n) is 15.2. The van der Waals surface area contributed by atoms with Crippen molar-refractivity contribution < 1.29 is 4.79 Å². The van der Waals surface area contributed by atoms with Crippen molar-refractivity contribution in [2.45, 2.75) is 39.5 Å². The van der Waals surface area contributed by atoms with Crippen LogP contribution in [0.3, 0.4) is 0 Å². The van der Waals surface area contributed by atoms with E-state index in [2.05, 4.69) is 29.8 Å². The molecule has 1 aliphatic rings. The fourth-order valence-electron chi connectivity index (χ4n) is 2.99. The molecule has 3 N–H and O–H groups in total. The first-order valence-corrected chi connectivity index (χ1v) is 9.53. The van der Waals surface area contributed by atoms with Gasteiger partial charge in [-0.15, -0.1) is 0 Å². The first-order valence-electron chi connectivity index (χ1n) is 9.15. The van der Waals surface area contributed by atoms with Crippen molar-refractivity contribution in [3.05, 3.63) is 34.9 Å². The highest BCUT2D eigenvalue weighted by Gasteiger charge is 2.34. The molecular formula is C19H29ClN4O. The van der Waals surface area contributed by atoms with Gasteiger partial charge in [-0.1, -0.05) is 37.1 Å². The lowest BCUT2D eigenvalue weighted by atomic mass is 9.67. The predicted molar refractivity (Wildman–Crippen MR) is 104 cm³/mol. The average molecular weight is 365 g/mol. The maximum absolute atomic E-state index is 12.1. The molecule has 6 heteroatoms. The molecule has 1 amide bonds. The normalized spacial score (nSPS) is 16.0. The summed E-state index contributed by atoms with van der Waals surface area (Å²) in [4.78, 5) is 16.8. The van der Waals surface area contributed by atoms with Crippen molar-refractivity contribution in [2.24, 2.45) is 10.4 Å². The van der Waals surface area contributed by atoms with E-state index in [1.54, 1.807) is 18.2 Å². The summed E-state index contributed by atoms with van der Waals surface area (Å²) in [7, 11) is 0. The van der Waals surface area contributed by atoms with Gasteiger partial charge >= 0.3 is 0 Å². The average Bonchev–Trinajstić information content (AvgIpc) is 2.58. The van der Waals surface area contributed by atoms with Gasteiger partial charge in [0.1, 0.15) is 0 Å². The van der Waals surface area contributed by atoms with E-state index >= 15 is 0 Å². The molecule has 0 heterocycles. The Hall–Kier alpha value is -1.75. The van der Waals surface area contributed by atoms with Crippen LogP contribution in [-0.2, 0) is 0 Å². The molecule has 0 aromatic heterocycles. The lowest BCUT2D eigenvalue weighted by Crippen LogP contribution is -2.42. The molecule has 138 valence electrons. The fraction of sp³-hybridized carbons (Fsp3) is 0.579. The number of hydrogen-bond donors (Lipinski definition) is 3. The Morgan fingerprint density at radius 3 is 2.48 bits per heavy atom. The largest absolute Gasteiger partial charge is 0.357 e. The number of amides is 1. The summed E-state index contributed by atoms with van der Waals surface area (Å²) in [5.41, 5.74) is 0.903. The summed E-state index contributed by atoms with van der Waals surface area (Å²) in [5, 5.41) is 9.88. The first-order chi connectivity index (χ1) is 12.1. The monoisotopic (exact) mass is 364 g/mol. The van der Waals surface area contributed by atoms with E-state index in [0.717, 1.165) is 19.0 Å². The Morgan fingerprint density at radius 2 is 1.88 bits per heavy atom. The molecule has 1 aromatic rings. The van der Waals surface area contributed by atoms with Crippen LogP contribution in [0.2, 0.25) is 5.02 Å². The highest BCUT2D eigenvalue weighted by molar-refractivity contribution is 6.33. The molecule has 0 atom stereocenters. The van der Waals surface area contributed by atoms with Gasteiger partial charge in [0.25, 0.3) is 5.91 Å². The third kappa shape index (κ3) is 5.63. The Morgan fingerprint density at radius 1 is 1.16 bits per heavy atom. The summed E-state index contributed by atoms with van der Waals surface area (Å²) < 4.78 is 0. The molecule has 0 aliphatic heterocycles. The third-order valence-corrected chi connectivity index (χ3v) is 5.23. The maximum Gasteiger partial charge on any atom is 0.252 e. The van der Waals surface area contributed by atoms with Crippen molar-refractivity contribution in [1.82, 2.24) is 16.0 Å². The summed E-state index contributed by atoms with van der Waals surface area (Å²) in [5.74, 6) is 0.656. The molecule has 1 saturated carbocycles. The number of carbonyl (C=O) groups excluding carboxylic acids is 1. The van der Waals surface area contributed by atoms with Gasteiger partial charge in [-0.2, -0.15) is 0 Å². The number of rotatable bonds is 8. The van der Waals surface area contributed by atoms with Crippen molar-refractivity contribution >= 4 is 23.5 Å². The van der Waals surface area contributed by atoms with Gasteiger partial charge in [-0.05, 0) is 43.7 Å². The number of aliphatic imine (C=N–C) groups is 1. The predicted octanol–water partition coefficient (Wildman–Crippen LogP) is 3.21. The van der Waals surface area contributed by atoms with Crippen LogP contribution in [0.1, 0.15) is 49.9 Å². The zero-order chi connectivity index (χ0) is 18.1. The smallest absolute Gasteiger partial charge is 0.252 e. The summed E-state index contributed by atoms with van der Waals surface area (Å²) in [6.07, 6.45) is 5.06. The first kappa shape index (κ1) is 19.6. The Labute approximate surface area is 155 Å². The molecule has 0 saturated heterocycles. The van der Waals surface area contributed by atoms with Gasteiger partial charge in [-0.25, -0.2) is 0 Å². The minimum absolute atomic E-state index is 0.159. The van der Waals surface area contributed by atoms with Crippen LogP contribution in [0.5, 0.6) is 0 Å². The highest BCUT2D eigenvalue weighted by Crippen LogP contribution is 2.43. The van der Waals surface area contributed by atoms with Crippen molar-refractivity contribution in [3.8, 4) is 0 Å². The highest BCUT2D eigenvalue weighted by atomic mass is 35.5. The van der Waals surface area contributed by atoms with E-state index in [1.165, 1.54) is 25.7 Å². The molecule has 25 heavy (non-hydrogen) atoms. The molecule has 0 radical (unpaired) electrons. The summed E-state index contributed by atoms with van der Waals surface area (Å²) in [6.45, 7) is 7.10. The molecule has 1 fully saturated rings. The van der Waals surface area contributed by atoms with Crippen LogP contribution >= 0.6 is 11.6 Å². The molecule has 2 rings (SSSR count). The zero-order valence-corrected chi connectivity index (χ0v) is 16.0. The standard InChI is InChI=1S/C19H29ClN4O/c1-3-19(10-7-11-19)14-24-18(21-4-2)23-13-12-22-17(25)15-8-5-6-9-16(15)20/h5-6,8-9H,3-4,7,10-14H2,1-2H3,(H,22,25)(H2,21,23,24). The van der Waals surface area contributed by atoms with Crippen LogP contribution in [0, 0.1) is 5.41 Å². The fourth-order valence-corrected chi connectivity index (χ4v) is 3.21. The molecule has 1 aromatic carbocycles. The Kier molecular flexibility index (Phi) is 7.56. The minimum Gasteiger partial charge on any atom is -0.357 e. The van der Waals surface area contributed by atoms with Gasteiger partial charge in [0.05, 0.1) is 10.6 Å². The number of hydrogen-bond acceptors (Lipinski definition) is 2. The number of halogens is 1. The molecule has 5 nitrogen and oxygen atoms in total. The SMILES string of the molecule is CCNC(=NCC1(CC)CCC1)NCCNC(=O)c1ccccc1Cl. The third-order valence-electron chi connectivity index (χ3n) is 4.90. The molecule has 1 aliphatic carbocycles. The van der Waals surface area contributed by atoms with E-state index in [9.17, 15) is 4.79 Å². The number of benzene rings is 1. The lowest BCUT2D eigenvalue weighted by Gasteiger charge is -2.40. The van der Waals surface area contributed by atoms with E-state index in [1.807, 2.05) is 6.07 Å². The van der Waals surface area contributed by atoms with Crippen molar-refractivity contribution in [2.75, 3.05) is 26.2 Å². The van der Waals surface area contributed by atoms with Crippen LogP contribution in [0.25, 0.3) is 0 Å². The van der Waals surface area contributed by atoms with Gasteiger partial charge in [0.2, 0.25) is 0 Å². The van der Waals surface area contributed by atoms with Gasteiger partial charge < -0.3 is 16.0 Å². The molecule has 0 unspecified atom stereocenters. The molecule has 0 spiro atoms. The molecule has 0 bridgehead atoms. The van der Waals surface area contributed by atoms with E-state index in [-0.39, 0.29) is 5.91 Å². The van der Waals surface area contributed by atoms with Crippen molar-refractivity contribution in [3.63, 3.8) is 0 Å². The second kappa shape index (κ2) is 9.66. The number of nitrogens with zero attached hydrogens (tertiary/aromatic N) is 1. The Bertz CT molecular complexity index is 593. The second-order valence-electron chi connectivity index (χ2n) is 6.56. The molecular weight excluding hydrogens is 336 g/mol. The van der Waals surface area contributed by atoms with Crippen LogP contribution < -0.4 is 16.0 Å². The van der Waals surface area contributed by atoms with Gasteiger partial charge in [0, 0.05) is 26.2 Å². The number of carbonyl (C=O) groups is 1. The van der Waals surface area contributed by atoms with E-state index < -0.39 is 0 Å². The van der Waals surface area contributed by atoms with Gasteiger partial charge in [-0.3, -0.25) is 9.79 Å². The van der Waals surface area contributed by atoms with Crippen LogP contribution in [0.4, 0.5) is 0 Å². The van der Waals surface area contributed by atoms with Gasteiger partial charge in [0.15, 0.2) is 5.96 Å². The Balaban J connectivity index is 1.77. The summed E-state index contributed by atoms with van der Waals surface area (Å²) in [6, 6.07) is 7.05. The quantitative estimate of drug-likeness (QED) is 0.377. The lowest BCUT2D eigenvalue weighted by molar-refractivity contribution is 0.0954. The van der Waals surface area contributed by atoms with E-state index in [4.69, 9.17) is 16.6 Å². The summed E-state index contributed by atoms with van der Waals surface area (Å²) >= 11 is 6.03. The number of nitrogens with one attached hydrogen (secondary N) is 3.